The van der Waals surface area contributed by atoms with Gasteiger partial charge in [-0.2, -0.15) is 0 Å². The number of hydrogen-bond acceptors (Lipinski definition) is 4. The van der Waals surface area contributed by atoms with E-state index in [1.807, 2.05) is 6.07 Å². The minimum atomic E-state index is -0.378. The van der Waals surface area contributed by atoms with Gasteiger partial charge in [0.15, 0.2) is 11.5 Å². The molecule has 1 aromatic carbocycles. The summed E-state index contributed by atoms with van der Waals surface area (Å²) in [6.07, 6.45) is 3.49. The zero-order chi connectivity index (χ0) is 15.1. The van der Waals surface area contributed by atoms with Crippen LogP contribution in [0.15, 0.2) is 10.5 Å². The fourth-order valence-corrected chi connectivity index (χ4v) is 6.18. The molecule has 2 bridgehead atoms. The molecular weight excluding hydrogens is 346 g/mol. The Labute approximate surface area is 138 Å². The van der Waals surface area contributed by atoms with Crippen molar-refractivity contribution in [1.29, 1.82) is 0 Å². The highest BCUT2D eigenvalue weighted by Gasteiger charge is 2.64. The molecule has 5 rings (SSSR count). The maximum atomic E-state index is 10.6. The lowest BCUT2D eigenvalue weighted by molar-refractivity contribution is -0.0761. The molecule has 2 aliphatic carbocycles. The lowest BCUT2D eigenvalue weighted by Gasteiger charge is -2.56. The molecule has 4 nitrogen and oxygen atoms in total. The summed E-state index contributed by atoms with van der Waals surface area (Å²) in [5.74, 6) is 2.23. The molecule has 2 heterocycles. The summed E-state index contributed by atoms with van der Waals surface area (Å²) in [5, 5.41) is 14.3. The number of aliphatic hydroxyl groups is 1. The fraction of sp³-hybridized carbons (Fsp3) is 0.647. The Morgan fingerprint density at radius 1 is 1.45 bits per heavy atom. The molecule has 0 unspecified atom stereocenters. The second-order valence-corrected chi connectivity index (χ2v) is 7.94. The van der Waals surface area contributed by atoms with Gasteiger partial charge >= 0.3 is 0 Å². The highest BCUT2D eigenvalue weighted by molar-refractivity contribution is 9.10. The van der Waals surface area contributed by atoms with Crippen LogP contribution in [0.5, 0.6) is 11.5 Å². The molecule has 118 valence electrons. The van der Waals surface area contributed by atoms with E-state index in [1.54, 1.807) is 7.11 Å². The van der Waals surface area contributed by atoms with Crippen molar-refractivity contribution in [2.75, 3.05) is 13.7 Å². The number of methoxy groups -OCH3 is 1. The monoisotopic (exact) mass is 365 g/mol. The fourth-order valence-electron chi connectivity index (χ4n) is 5.61. The van der Waals surface area contributed by atoms with Gasteiger partial charge < -0.3 is 19.9 Å². The SMILES string of the molecule is COc1cc(Br)c2c3c1O[C@H]1[C@@H](O)CC[C@H]4[C@@H](C2)NCC[C@@]341. The third-order valence-electron chi connectivity index (χ3n) is 6.38. The van der Waals surface area contributed by atoms with Gasteiger partial charge in [-0.1, -0.05) is 15.9 Å². The molecule has 1 aromatic rings. The van der Waals surface area contributed by atoms with Crippen LogP contribution >= 0.6 is 15.9 Å². The zero-order valence-electron chi connectivity index (χ0n) is 12.6. The largest absolute Gasteiger partial charge is 0.493 e. The van der Waals surface area contributed by atoms with Gasteiger partial charge in [-0.05, 0) is 49.8 Å². The highest BCUT2D eigenvalue weighted by Crippen LogP contribution is 2.63. The highest BCUT2D eigenvalue weighted by atomic mass is 79.9. The third-order valence-corrected chi connectivity index (χ3v) is 7.08. The first kappa shape index (κ1) is 13.6. The van der Waals surface area contributed by atoms with Gasteiger partial charge in [-0.15, -0.1) is 0 Å². The van der Waals surface area contributed by atoms with Crippen LogP contribution in [0.1, 0.15) is 30.4 Å². The van der Waals surface area contributed by atoms with Crippen molar-refractivity contribution in [3.63, 3.8) is 0 Å². The molecule has 0 aromatic heterocycles. The molecule has 2 fully saturated rings. The average molecular weight is 366 g/mol. The molecule has 0 amide bonds. The van der Waals surface area contributed by atoms with Crippen molar-refractivity contribution < 1.29 is 14.6 Å². The summed E-state index contributed by atoms with van der Waals surface area (Å²) in [6, 6.07) is 2.51. The van der Waals surface area contributed by atoms with E-state index < -0.39 is 0 Å². The molecule has 2 N–H and O–H groups in total. The van der Waals surface area contributed by atoms with Gasteiger partial charge in [-0.3, -0.25) is 0 Å². The summed E-state index contributed by atoms with van der Waals surface area (Å²) in [6.45, 7) is 1.00. The zero-order valence-corrected chi connectivity index (χ0v) is 14.1. The first-order valence-corrected chi connectivity index (χ1v) is 8.94. The van der Waals surface area contributed by atoms with Crippen LogP contribution in [-0.2, 0) is 11.8 Å². The number of piperidine rings is 1. The molecule has 1 saturated carbocycles. The Morgan fingerprint density at radius 2 is 2.32 bits per heavy atom. The van der Waals surface area contributed by atoms with Crippen LogP contribution in [0.4, 0.5) is 0 Å². The molecule has 0 radical (unpaired) electrons. The van der Waals surface area contributed by atoms with Crippen molar-refractivity contribution in [3.05, 3.63) is 21.7 Å². The lowest BCUT2D eigenvalue weighted by atomic mass is 9.52. The molecule has 5 heteroatoms. The number of nitrogens with one attached hydrogen (secondary N) is 1. The van der Waals surface area contributed by atoms with Crippen LogP contribution in [0, 0.1) is 5.92 Å². The van der Waals surface area contributed by atoms with E-state index >= 15 is 0 Å². The van der Waals surface area contributed by atoms with Crippen LogP contribution in [0.2, 0.25) is 0 Å². The molecule has 5 atom stereocenters. The quantitative estimate of drug-likeness (QED) is 0.800. The third kappa shape index (κ3) is 1.41. The summed E-state index contributed by atoms with van der Waals surface area (Å²) in [5.41, 5.74) is 2.64. The maximum absolute atomic E-state index is 10.6. The van der Waals surface area contributed by atoms with Gasteiger partial charge in [-0.25, -0.2) is 0 Å². The minimum Gasteiger partial charge on any atom is -0.493 e. The standard InChI is InChI=1S/C17H20BrNO3/c1-21-13-7-10(18)8-6-11-9-2-3-12(20)16-17(9,4-5-19-11)14(8)15(13)22-16/h7,9,11-12,16,19-20H,2-6H2,1H3/t9-,11+,12-,16-,17-/m0/s1. The molecule has 2 aliphatic heterocycles. The van der Waals surface area contributed by atoms with Gasteiger partial charge in [0.1, 0.15) is 6.10 Å². The van der Waals surface area contributed by atoms with Gasteiger partial charge in [0.2, 0.25) is 0 Å². The number of rotatable bonds is 1. The van der Waals surface area contributed by atoms with Crippen molar-refractivity contribution in [1.82, 2.24) is 5.32 Å². The summed E-state index contributed by atoms with van der Waals surface area (Å²) in [4.78, 5) is 0. The van der Waals surface area contributed by atoms with Crippen molar-refractivity contribution in [2.45, 2.75) is 49.3 Å². The topological polar surface area (TPSA) is 50.7 Å². The van der Waals surface area contributed by atoms with E-state index in [0.29, 0.717) is 12.0 Å². The Balaban J connectivity index is 1.84. The summed E-state index contributed by atoms with van der Waals surface area (Å²) in [7, 11) is 1.69. The average Bonchev–Trinajstić information content (AvgIpc) is 2.84. The molecule has 1 saturated heterocycles. The van der Waals surface area contributed by atoms with Crippen LogP contribution in [0.25, 0.3) is 0 Å². The van der Waals surface area contributed by atoms with Crippen LogP contribution in [-0.4, -0.2) is 37.0 Å². The number of hydrogen-bond donors (Lipinski definition) is 2. The van der Waals surface area contributed by atoms with Gasteiger partial charge in [0, 0.05) is 21.5 Å². The molecular formula is C17H20BrNO3. The second kappa shape index (κ2) is 4.40. The first-order chi connectivity index (χ1) is 10.7. The molecule has 22 heavy (non-hydrogen) atoms. The summed E-state index contributed by atoms with van der Waals surface area (Å²) < 4.78 is 13.0. The lowest BCUT2D eigenvalue weighted by Crippen LogP contribution is -2.66. The Hall–Kier alpha value is -0.780. The molecule has 1 spiro atoms. The number of ether oxygens (including phenoxy) is 2. The maximum Gasteiger partial charge on any atom is 0.166 e. The van der Waals surface area contributed by atoms with Crippen molar-refractivity contribution >= 4 is 15.9 Å². The molecule has 4 aliphatic rings. The van der Waals surface area contributed by atoms with E-state index in [4.69, 9.17) is 9.47 Å². The van der Waals surface area contributed by atoms with Gasteiger partial charge in [0.25, 0.3) is 0 Å². The second-order valence-electron chi connectivity index (χ2n) is 7.09. The van der Waals surface area contributed by atoms with E-state index in [2.05, 4.69) is 21.2 Å². The van der Waals surface area contributed by atoms with E-state index in [1.165, 1.54) is 11.1 Å². The number of aliphatic hydroxyl groups excluding tert-OH is 1. The van der Waals surface area contributed by atoms with Crippen LogP contribution in [0.3, 0.4) is 0 Å². The first-order valence-electron chi connectivity index (χ1n) is 8.14. The Bertz CT molecular complexity index is 664. The predicted molar refractivity (Wildman–Crippen MR) is 85.6 cm³/mol. The Morgan fingerprint density at radius 3 is 3.14 bits per heavy atom. The van der Waals surface area contributed by atoms with E-state index in [0.717, 1.165) is 48.2 Å². The van der Waals surface area contributed by atoms with Crippen molar-refractivity contribution in [2.24, 2.45) is 5.92 Å². The summed E-state index contributed by atoms with van der Waals surface area (Å²) >= 11 is 3.74. The predicted octanol–water partition coefficient (Wildman–Crippen LogP) is 2.15. The number of halogens is 1. The van der Waals surface area contributed by atoms with Crippen molar-refractivity contribution in [3.8, 4) is 11.5 Å². The Kier molecular flexibility index (Phi) is 2.73. The van der Waals surface area contributed by atoms with Crippen LogP contribution < -0.4 is 14.8 Å². The minimum absolute atomic E-state index is 0.0342. The van der Waals surface area contributed by atoms with Gasteiger partial charge in [0.05, 0.1) is 13.2 Å². The number of benzene rings is 1. The van der Waals surface area contributed by atoms with E-state index in [9.17, 15) is 5.11 Å². The van der Waals surface area contributed by atoms with E-state index in [-0.39, 0.29) is 17.6 Å². The smallest absolute Gasteiger partial charge is 0.166 e. The normalized spacial score (nSPS) is 40.9.